The summed E-state index contributed by atoms with van der Waals surface area (Å²) in [4.78, 5) is 0. The van der Waals surface area contributed by atoms with Gasteiger partial charge < -0.3 is 4.23 Å². The summed E-state index contributed by atoms with van der Waals surface area (Å²) in [5.74, 6) is -0.999. The maximum absolute atomic E-state index is 11.2. The Morgan fingerprint density at radius 2 is 0.952 bits per heavy atom. The van der Waals surface area contributed by atoms with E-state index in [0.717, 1.165) is 11.1 Å². The molecule has 0 radical (unpaired) electrons. The predicted molar refractivity (Wildman–Crippen MR) is 174 cm³/mol. The second-order valence-electron chi connectivity index (χ2n) is 11.9. The highest BCUT2D eigenvalue weighted by molar-refractivity contribution is 7.02. The highest BCUT2D eigenvalue weighted by Crippen LogP contribution is 2.61. The molecule has 0 bridgehead atoms. The normalized spacial score (nSPS) is 18.0. The minimum absolute atomic E-state index is 0.448. The van der Waals surface area contributed by atoms with Crippen molar-refractivity contribution in [3.05, 3.63) is 144 Å². The quantitative estimate of drug-likeness (QED) is 0.224. The van der Waals surface area contributed by atoms with Gasteiger partial charge in [-0.15, -0.1) is 0 Å². The first-order valence-corrected chi connectivity index (χ1v) is 20.1. The minimum Gasteiger partial charge on any atom is -0.418 e. The molecule has 4 nitrogen and oxygen atoms in total. The second kappa shape index (κ2) is 11.3. The van der Waals surface area contributed by atoms with Crippen molar-refractivity contribution < 1.29 is 0 Å². The molecule has 2 atom stereocenters. The molecule has 1 unspecified atom stereocenters. The predicted octanol–water partition coefficient (Wildman–Crippen LogP) is 6.91. The molecule has 0 amide bonds. The first-order chi connectivity index (χ1) is 20.2. The van der Waals surface area contributed by atoms with Gasteiger partial charge in [0.2, 0.25) is 0 Å². The Morgan fingerprint density at radius 1 is 0.571 bits per heavy atom. The van der Waals surface area contributed by atoms with Crippen LogP contribution in [0.2, 0.25) is 26.2 Å². The molecule has 1 aliphatic carbocycles. The summed E-state index contributed by atoms with van der Waals surface area (Å²) >= 11 is 0. The minimum atomic E-state index is -2.65. The largest absolute Gasteiger partial charge is 0.418 e. The van der Waals surface area contributed by atoms with Gasteiger partial charge in [0.1, 0.15) is 0 Å². The van der Waals surface area contributed by atoms with Gasteiger partial charge in [-0.1, -0.05) is 121 Å². The number of allylic oxidation sites excluding steroid dienone is 2. The summed E-state index contributed by atoms with van der Waals surface area (Å²) < 4.78 is 2.47. The van der Waals surface area contributed by atoms with Crippen molar-refractivity contribution in [2.24, 2.45) is 5.41 Å². The molecular weight excluding hydrogens is 545 g/mol. The van der Waals surface area contributed by atoms with Crippen LogP contribution in [0.4, 0.5) is 0 Å². The standard InChI is InChI=1S/C36H34N4Si2/c1-41(2,30-21-13-7-14-22-30)40(42(3,4)31-23-15-8-16-24-31)35-32(25-37)33(28-17-9-5-10-18-28)34(36(35,26-38)27-39)29-19-11-6-12-20-29/h5-24,33-34H,1-4H3/t33-,34?/m1/s1. The summed E-state index contributed by atoms with van der Waals surface area (Å²) in [6.45, 7) is 9.15. The van der Waals surface area contributed by atoms with Crippen molar-refractivity contribution in [3.63, 3.8) is 0 Å². The van der Waals surface area contributed by atoms with E-state index in [1.807, 2.05) is 72.8 Å². The van der Waals surface area contributed by atoms with Crippen molar-refractivity contribution in [1.29, 1.82) is 15.8 Å². The molecule has 206 valence electrons. The average molecular weight is 579 g/mol. The van der Waals surface area contributed by atoms with E-state index in [2.05, 4.69) is 97.2 Å². The average Bonchev–Trinajstić information content (AvgIpc) is 3.32. The third kappa shape index (κ3) is 4.58. The van der Waals surface area contributed by atoms with Crippen LogP contribution in [0.3, 0.4) is 0 Å². The van der Waals surface area contributed by atoms with Crippen LogP contribution in [-0.2, 0) is 0 Å². The third-order valence-corrected chi connectivity index (χ3v) is 18.4. The van der Waals surface area contributed by atoms with E-state index in [0.29, 0.717) is 11.3 Å². The molecule has 0 aliphatic heterocycles. The Morgan fingerprint density at radius 3 is 1.33 bits per heavy atom. The number of hydrogen-bond donors (Lipinski definition) is 0. The van der Waals surface area contributed by atoms with Crippen LogP contribution < -0.4 is 10.4 Å². The van der Waals surface area contributed by atoms with Crippen LogP contribution in [0.15, 0.2) is 133 Å². The third-order valence-electron chi connectivity index (χ3n) is 8.83. The SMILES string of the molecule is C[Si](C)(c1ccccc1)N(C1=C(C#N)[C@@H](c2ccccc2)C(c2ccccc2)C1(C#N)C#N)[Si](C)(C)c1ccccc1. The molecule has 0 fully saturated rings. The highest BCUT2D eigenvalue weighted by atomic mass is 28.4. The Balaban J connectivity index is 1.92. The first kappa shape index (κ1) is 28.8. The molecule has 0 N–H and O–H groups in total. The molecule has 0 heterocycles. The lowest BCUT2D eigenvalue weighted by molar-refractivity contribution is 0.442. The molecule has 0 saturated heterocycles. The van der Waals surface area contributed by atoms with Crippen LogP contribution in [0.5, 0.6) is 0 Å². The maximum atomic E-state index is 11.2. The molecule has 1 aliphatic rings. The van der Waals surface area contributed by atoms with Gasteiger partial charge in [0, 0.05) is 17.5 Å². The van der Waals surface area contributed by atoms with Gasteiger partial charge in [-0.05, 0) is 47.7 Å². The van der Waals surface area contributed by atoms with E-state index in [9.17, 15) is 15.8 Å². The van der Waals surface area contributed by atoms with Crippen molar-refractivity contribution in [3.8, 4) is 18.2 Å². The van der Waals surface area contributed by atoms with E-state index in [4.69, 9.17) is 0 Å². The van der Waals surface area contributed by atoms with Gasteiger partial charge in [0.25, 0.3) is 0 Å². The van der Waals surface area contributed by atoms with Crippen LogP contribution in [0.25, 0.3) is 0 Å². The van der Waals surface area contributed by atoms with Crippen molar-refractivity contribution in [1.82, 2.24) is 4.23 Å². The van der Waals surface area contributed by atoms with Crippen LogP contribution in [0, 0.1) is 39.4 Å². The Hall–Kier alpha value is -4.68. The molecule has 0 spiro atoms. The molecule has 4 aromatic carbocycles. The Labute approximate surface area is 251 Å². The van der Waals surface area contributed by atoms with Gasteiger partial charge in [-0.25, -0.2) is 0 Å². The molecule has 42 heavy (non-hydrogen) atoms. The second-order valence-corrected chi connectivity index (χ2v) is 20.6. The molecule has 5 rings (SSSR count). The first-order valence-electron chi connectivity index (χ1n) is 14.2. The van der Waals surface area contributed by atoms with Crippen molar-refractivity contribution >= 4 is 26.8 Å². The fourth-order valence-corrected chi connectivity index (χ4v) is 17.6. The lowest BCUT2D eigenvalue weighted by Gasteiger charge is -2.52. The zero-order chi connectivity index (χ0) is 30.0. The number of nitriles is 3. The fourth-order valence-electron chi connectivity index (χ4n) is 6.94. The summed E-state index contributed by atoms with van der Waals surface area (Å²) in [7, 11) is -5.30. The van der Waals surface area contributed by atoms with Gasteiger partial charge in [-0.3, -0.25) is 0 Å². The summed E-state index contributed by atoms with van der Waals surface area (Å²) in [5.41, 5.74) is 1.36. The fraction of sp³-hybridized carbons (Fsp3) is 0.194. The zero-order valence-electron chi connectivity index (χ0n) is 24.5. The zero-order valence-corrected chi connectivity index (χ0v) is 26.5. The van der Waals surface area contributed by atoms with Gasteiger partial charge in [-0.2, -0.15) is 15.8 Å². The van der Waals surface area contributed by atoms with Crippen LogP contribution in [-0.4, -0.2) is 20.7 Å². The van der Waals surface area contributed by atoms with Gasteiger partial charge >= 0.3 is 0 Å². The van der Waals surface area contributed by atoms with Crippen LogP contribution >= 0.6 is 0 Å². The number of nitrogens with zero attached hydrogens (tertiary/aromatic N) is 4. The molecule has 0 aromatic heterocycles. The van der Waals surface area contributed by atoms with E-state index >= 15 is 0 Å². The van der Waals surface area contributed by atoms with Crippen molar-refractivity contribution in [2.45, 2.75) is 38.0 Å². The molecule has 4 aromatic rings. The van der Waals surface area contributed by atoms with E-state index in [1.165, 1.54) is 10.4 Å². The Bertz CT molecular complexity index is 1650. The Kier molecular flexibility index (Phi) is 7.76. The topological polar surface area (TPSA) is 74.6 Å². The summed E-state index contributed by atoms with van der Waals surface area (Å²) in [5, 5.41) is 35.8. The lowest BCUT2D eigenvalue weighted by Crippen LogP contribution is -2.72. The summed E-state index contributed by atoms with van der Waals surface area (Å²) in [6, 6.07) is 48.3. The molecule has 0 saturated carbocycles. The monoisotopic (exact) mass is 578 g/mol. The smallest absolute Gasteiger partial charge is 0.190 e. The highest BCUT2D eigenvalue weighted by Gasteiger charge is 2.62. The van der Waals surface area contributed by atoms with E-state index in [-0.39, 0.29) is 0 Å². The number of hydrogen-bond acceptors (Lipinski definition) is 4. The molecule has 6 heteroatoms. The van der Waals surface area contributed by atoms with E-state index < -0.39 is 33.7 Å². The lowest BCUT2D eigenvalue weighted by atomic mass is 9.70. The number of rotatable bonds is 7. The van der Waals surface area contributed by atoms with Crippen molar-refractivity contribution in [2.75, 3.05) is 0 Å². The van der Waals surface area contributed by atoms with Crippen LogP contribution in [0.1, 0.15) is 23.0 Å². The maximum Gasteiger partial charge on any atom is 0.190 e. The summed E-state index contributed by atoms with van der Waals surface area (Å²) in [6.07, 6.45) is 0. The molecular formula is C36H34N4Si2. The number of benzene rings is 4. The van der Waals surface area contributed by atoms with Gasteiger partial charge in [0.15, 0.2) is 21.9 Å². The van der Waals surface area contributed by atoms with E-state index in [1.54, 1.807) is 0 Å². The van der Waals surface area contributed by atoms with Gasteiger partial charge in [0.05, 0.1) is 23.8 Å².